The lowest BCUT2D eigenvalue weighted by Crippen LogP contribution is -2.26. The van der Waals surface area contributed by atoms with Crippen LogP contribution in [0.5, 0.6) is 5.75 Å². The second kappa shape index (κ2) is 10.1. The molecule has 0 fully saturated rings. The molecule has 0 saturated heterocycles. The predicted octanol–water partition coefficient (Wildman–Crippen LogP) is 3.86. The third kappa shape index (κ3) is 5.81. The highest BCUT2D eigenvalue weighted by atomic mass is 19.3. The van der Waals surface area contributed by atoms with Crippen LogP contribution >= 0.6 is 0 Å². The lowest BCUT2D eigenvalue weighted by molar-refractivity contribution is -0.114. The molecule has 3 rings (SSSR count). The standard InChI is InChI=1S/C21H19F2N3O4/c22-21(23)30-18-10-4-3-9-17(18)26-19(27)13-24-16-8-2-1-7-15(16)20(28)25-12-14-6-5-11-29-14/h1-11,21,24H,12-13H2,(H,25,28)(H,26,27). The molecule has 1 heterocycles. The first-order chi connectivity index (χ1) is 14.5. The maximum atomic E-state index is 12.5. The van der Waals surface area contributed by atoms with E-state index in [2.05, 4.69) is 20.7 Å². The minimum atomic E-state index is -3.01. The van der Waals surface area contributed by atoms with Gasteiger partial charge in [-0.1, -0.05) is 24.3 Å². The van der Waals surface area contributed by atoms with Gasteiger partial charge >= 0.3 is 6.61 Å². The molecule has 0 aliphatic rings. The maximum absolute atomic E-state index is 12.5. The van der Waals surface area contributed by atoms with Gasteiger partial charge in [-0.2, -0.15) is 8.78 Å². The summed E-state index contributed by atoms with van der Waals surface area (Å²) in [5, 5.41) is 8.12. The monoisotopic (exact) mass is 415 g/mol. The summed E-state index contributed by atoms with van der Waals surface area (Å²) in [7, 11) is 0. The number of carbonyl (C=O) groups is 2. The summed E-state index contributed by atoms with van der Waals surface area (Å²) >= 11 is 0. The molecule has 0 spiro atoms. The van der Waals surface area contributed by atoms with Crippen molar-refractivity contribution >= 4 is 23.2 Å². The number of carbonyl (C=O) groups excluding carboxylic acids is 2. The van der Waals surface area contributed by atoms with E-state index in [0.717, 1.165) is 0 Å². The Labute approximate surface area is 171 Å². The van der Waals surface area contributed by atoms with Gasteiger partial charge in [0.25, 0.3) is 5.91 Å². The van der Waals surface area contributed by atoms with Gasteiger partial charge in [0, 0.05) is 5.69 Å². The zero-order chi connectivity index (χ0) is 21.3. The van der Waals surface area contributed by atoms with Crippen LogP contribution in [0.15, 0.2) is 71.3 Å². The van der Waals surface area contributed by atoms with Gasteiger partial charge in [-0.05, 0) is 36.4 Å². The second-order valence-corrected chi connectivity index (χ2v) is 6.08. The topological polar surface area (TPSA) is 92.6 Å². The minimum absolute atomic E-state index is 0.120. The molecule has 0 atom stereocenters. The molecule has 0 aliphatic carbocycles. The van der Waals surface area contributed by atoms with Crippen LogP contribution in [-0.2, 0) is 11.3 Å². The first kappa shape index (κ1) is 20.8. The molecule has 3 aromatic rings. The van der Waals surface area contributed by atoms with E-state index >= 15 is 0 Å². The number of furan rings is 1. The van der Waals surface area contributed by atoms with E-state index in [-0.39, 0.29) is 30.4 Å². The molecule has 0 unspecified atom stereocenters. The minimum Gasteiger partial charge on any atom is -0.467 e. The second-order valence-electron chi connectivity index (χ2n) is 6.08. The Morgan fingerprint density at radius 2 is 1.70 bits per heavy atom. The van der Waals surface area contributed by atoms with Gasteiger partial charge in [0.15, 0.2) is 0 Å². The number of halogens is 2. The van der Waals surface area contributed by atoms with Crippen LogP contribution in [0.2, 0.25) is 0 Å². The van der Waals surface area contributed by atoms with Gasteiger partial charge in [-0.3, -0.25) is 9.59 Å². The van der Waals surface area contributed by atoms with Crippen molar-refractivity contribution in [3.63, 3.8) is 0 Å². The van der Waals surface area contributed by atoms with Crippen LogP contribution in [0.4, 0.5) is 20.2 Å². The van der Waals surface area contributed by atoms with E-state index in [1.807, 2.05) is 0 Å². The van der Waals surface area contributed by atoms with Crippen molar-refractivity contribution in [3.05, 3.63) is 78.3 Å². The van der Waals surface area contributed by atoms with Gasteiger partial charge in [-0.25, -0.2) is 0 Å². The van der Waals surface area contributed by atoms with Crippen molar-refractivity contribution in [2.45, 2.75) is 13.2 Å². The smallest absolute Gasteiger partial charge is 0.387 e. The molecule has 0 saturated carbocycles. The molecule has 2 aromatic carbocycles. The number of ether oxygens (including phenoxy) is 1. The van der Waals surface area contributed by atoms with Crippen LogP contribution in [0, 0.1) is 0 Å². The number of rotatable bonds is 9. The maximum Gasteiger partial charge on any atom is 0.387 e. The van der Waals surface area contributed by atoms with Gasteiger partial charge < -0.3 is 25.1 Å². The van der Waals surface area contributed by atoms with Gasteiger partial charge in [0.2, 0.25) is 5.91 Å². The highest BCUT2D eigenvalue weighted by molar-refractivity contribution is 6.01. The Kier molecular flexibility index (Phi) is 6.99. The molecular weight excluding hydrogens is 396 g/mol. The van der Waals surface area contributed by atoms with Gasteiger partial charge in [-0.15, -0.1) is 0 Å². The number of para-hydroxylation sites is 3. The zero-order valence-corrected chi connectivity index (χ0v) is 15.7. The third-order valence-corrected chi connectivity index (χ3v) is 3.99. The fourth-order valence-electron chi connectivity index (χ4n) is 2.65. The molecule has 7 nitrogen and oxygen atoms in total. The largest absolute Gasteiger partial charge is 0.467 e. The van der Waals surface area contributed by atoms with E-state index in [0.29, 0.717) is 17.0 Å². The van der Waals surface area contributed by atoms with Crippen molar-refractivity contribution < 1.29 is 27.5 Å². The van der Waals surface area contributed by atoms with Crippen LogP contribution in [-0.4, -0.2) is 25.0 Å². The lowest BCUT2D eigenvalue weighted by Gasteiger charge is -2.14. The van der Waals surface area contributed by atoms with E-state index < -0.39 is 12.5 Å². The molecule has 1 aromatic heterocycles. The molecular formula is C21H19F2N3O4. The van der Waals surface area contributed by atoms with E-state index in [4.69, 9.17) is 4.42 Å². The summed E-state index contributed by atoms with van der Waals surface area (Å²) in [5.41, 5.74) is 0.911. The molecule has 3 N–H and O–H groups in total. The first-order valence-corrected chi connectivity index (χ1v) is 9.00. The third-order valence-electron chi connectivity index (χ3n) is 3.99. The van der Waals surface area contributed by atoms with Crippen molar-refractivity contribution in [2.75, 3.05) is 17.2 Å². The Morgan fingerprint density at radius 3 is 2.43 bits per heavy atom. The number of hydrogen-bond donors (Lipinski definition) is 3. The summed E-state index contributed by atoms with van der Waals surface area (Å²) in [6.07, 6.45) is 1.51. The normalized spacial score (nSPS) is 10.5. The summed E-state index contributed by atoms with van der Waals surface area (Å²) in [5.74, 6) is -0.367. The highest BCUT2D eigenvalue weighted by Gasteiger charge is 2.14. The van der Waals surface area contributed by atoms with Crippen molar-refractivity contribution in [2.24, 2.45) is 0 Å². The molecule has 156 valence electrons. The number of benzene rings is 2. The average Bonchev–Trinajstić information content (AvgIpc) is 3.25. The van der Waals surface area contributed by atoms with Crippen molar-refractivity contribution in [1.82, 2.24) is 5.32 Å². The molecule has 2 amide bonds. The van der Waals surface area contributed by atoms with Crippen molar-refractivity contribution in [3.8, 4) is 5.75 Å². The van der Waals surface area contributed by atoms with Gasteiger partial charge in [0.1, 0.15) is 11.5 Å². The summed E-state index contributed by atoms with van der Waals surface area (Å²) < 4.78 is 34.5. The SMILES string of the molecule is O=C(CNc1ccccc1C(=O)NCc1ccco1)Nc1ccccc1OC(F)F. The van der Waals surface area contributed by atoms with Crippen LogP contribution in [0.1, 0.15) is 16.1 Å². The van der Waals surface area contributed by atoms with E-state index in [9.17, 15) is 18.4 Å². The Hall–Kier alpha value is -3.88. The Balaban J connectivity index is 1.59. The Morgan fingerprint density at radius 1 is 0.967 bits per heavy atom. The summed E-state index contributed by atoms with van der Waals surface area (Å²) in [6.45, 7) is -2.97. The molecule has 0 radical (unpaired) electrons. The fraction of sp³-hybridized carbons (Fsp3) is 0.143. The quantitative estimate of drug-likeness (QED) is 0.494. The summed E-state index contributed by atoms with van der Waals surface area (Å²) in [4.78, 5) is 24.7. The van der Waals surface area contributed by atoms with Crippen LogP contribution < -0.4 is 20.7 Å². The first-order valence-electron chi connectivity index (χ1n) is 9.00. The fourth-order valence-corrected chi connectivity index (χ4v) is 2.65. The molecule has 0 aliphatic heterocycles. The van der Waals surface area contributed by atoms with Gasteiger partial charge in [0.05, 0.1) is 30.6 Å². The number of alkyl halides is 2. The Bertz CT molecular complexity index is 993. The van der Waals surface area contributed by atoms with Crippen LogP contribution in [0.25, 0.3) is 0 Å². The van der Waals surface area contributed by atoms with E-state index in [1.165, 1.54) is 24.5 Å². The predicted molar refractivity (Wildman–Crippen MR) is 107 cm³/mol. The zero-order valence-electron chi connectivity index (χ0n) is 15.7. The lowest BCUT2D eigenvalue weighted by atomic mass is 10.1. The molecule has 9 heteroatoms. The van der Waals surface area contributed by atoms with Crippen molar-refractivity contribution in [1.29, 1.82) is 0 Å². The molecule has 30 heavy (non-hydrogen) atoms. The number of nitrogens with one attached hydrogen (secondary N) is 3. The number of anilines is 2. The average molecular weight is 415 g/mol. The molecule has 0 bridgehead atoms. The number of amides is 2. The van der Waals surface area contributed by atoms with E-state index in [1.54, 1.807) is 42.5 Å². The summed E-state index contributed by atoms with van der Waals surface area (Å²) in [6, 6.07) is 16.0. The highest BCUT2D eigenvalue weighted by Crippen LogP contribution is 2.25. The number of hydrogen-bond acceptors (Lipinski definition) is 5. The van der Waals surface area contributed by atoms with Crippen LogP contribution in [0.3, 0.4) is 0 Å².